The van der Waals surface area contributed by atoms with Crippen molar-refractivity contribution in [1.29, 1.82) is 0 Å². The normalized spacial score (nSPS) is 0. The van der Waals surface area contributed by atoms with Crippen LogP contribution in [-0.4, -0.2) is 41.3 Å². The van der Waals surface area contributed by atoms with Crippen LogP contribution in [0.3, 0.4) is 0 Å². The molecule has 0 aliphatic heterocycles. The zero-order valence-corrected chi connectivity index (χ0v) is 4.58. The summed E-state index contributed by atoms with van der Waals surface area (Å²) >= 11 is 0. The minimum atomic E-state index is 0. The summed E-state index contributed by atoms with van der Waals surface area (Å²) in [5.74, 6) is 0. The molecule has 0 spiro atoms. The molecule has 0 rings (SSSR count). The fraction of sp³-hybridized carbons (Fsp3) is 0. The molecule has 0 aliphatic carbocycles. The van der Waals surface area contributed by atoms with Crippen LogP contribution in [0.15, 0.2) is 0 Å². The van der Waals surface area contributed by atoms with Crippen molar-refractivity contribution < 1.29 is 11.0 Å². The Morgan fingerprint density at radius 3 is 0.600 bits per heavy atom. The molecule has 0 aliphatic rings. The predicted molar refractivity (Wildman–Crippen MR) is 24.5 cm³/mol. The molecule has 0 saturated heterocycles. The van der Waals surface area contributed by atoms with Crippen LogP contribution in [0.4, 0.5) is 0 Å². The lowest BCUT2D eigenvalue weighted by Crippen LogP contribution is -0.382. The maximum atomic E-state index is 0. The van der Waals surface area contributed by atoms with Gasteiger partial charge in [0.05, 0.1) is 0 Å². The molecule has 4 N–H and O–H groups in total. The average Bonchev–Trinajstić information content (AvgIpc) is 0. The molecule has 0 bridgehead atoms. The molecule has 5 heavy (non-hydrogen) atoms. The lowest BCUT2D eigenvalue weighted by Gasteiger charge is -0.413. The van der Waals surface area contributed by atoms with Gasteiger partial charge >= 0.3 is 0 Å². The molecular weight excluding hydrogens is 99.0 g/mol. The Bertz CT molecular complexity index is 7.61. The molecule has 0 aromatic heterocycles. The molecule has 0 amide bonds. The van der Waals surface area contributed by atoms with Gasteiger partial charge in [0.25, 0.3) is 0 Å². The third kappa shape index (κ3) is 147. The van der Waals surface area contributed by atoms with Crippen molar-refractivity contribution in [2.45, 2.75) is 0 Å². The van der Waals surface area contributed by atoms with Gasteiger partial charge in [-0.25, -0.2) is 0 Å². The number of hydrogen-bond acceptors (Lipinski definition) is 0. The molecule has 0 saturated carbocycles. The first-order chi connectivity index (χ1) is 0. The fourth-order valence-electron chi connectivity index (χ4n) is 0. The molecule has 0 aromatic carbocycles. The van der Waals surface area contributed by atoms with Gasteiger partial charge in [0.1, 0.15) is 0 Å². The predicted octanol–water partition coefficient (Wildman–Crippen LogP) is -2.79. The van der Waals surface area contributed by atoms with Crippen LogP contribution in [0.2, 0.25) is 0 Å². The smallest absolute Gasteiger partial charge is 0 e. The van der Waals surface area contributed by atoms with E-state index < -0.39 is 0 Å². The van der Waals surface area contributed by atoms with E-state index in [1.165, 1.54) is 0 Å². The van der Waals surface area contributed by atoms with Crippen LogP contribution in [0.1, 0.15) is 0 Å². The van der Waals surface area contributed by atoms with E-state index in [0.29, 0.717) is 0 Å². The van der Waals surface area contributed by atoms with Crippen LogP contribution in [0.25, 0.3) is 0 Å². The van der Waals surface area contributed by atoms with E-state index in [4.69, 9.17) is 0 Å². The van der Waals surface area contributed by atoms with Crippen molar-refractivity contribution in [3.63, 3.8) is 0 Å². The highest BCUT2D eigenvalue weighted by molar-refractivity contribution is 5.76. The first-order valence-electron chi connectivity index (χ1n) is 0. The van der Waals surface area contributed by atoms with Gasteiger partial charge in [-0.1, -0.05) is 0 Å². The summed E-state index contributed by atoms with van der Waals surface area (Å²) in [6, 6.07) is 0. The Balaban J connectivity index is 0. The summed E-state index contributed by atoms with van der Waals surface area (Å²) in [5.41, 5.74) is 0. The molecule has 0 heterocycles. The van der Waals surface area contributed by atoms with Crippen LogP contribution in [0, 0.1) is 0 Å². The molecular formula is H4BO2Si2. The molecule has 2 nitrogen and oxygen atoms in total. The molecule has 0 atom stereocenters. The Hall–Kier alpha value is 0.419. The highest BCUT2D eigenvalue weighted by Gasteiger charge is 0.00201. The van der Waals surface area contributed by atoms with Crippen LogP contribution >= 0.6 is 0 Å². The van der Waals surface area contributed by atoms with Crippen LogP contribution in [-0.2, 0) is 0 Å². The average molecular weight is 103 g/mol. The summed E-state index contributed by atoms with van der Waals surface area (Å²) in [4.78, 5) is 0. The summed E-state index contributed by atoms with van der Waals surface area (Å²) in [6.07, 6.45) is 0. The third-order valence-electron chi connectivity index (χ3n) is 0. The second kappa shape index (κ2) is 295. The van der Waals surface area contributed by atoms with Gasteiger partial charge in [0.15, 0.2) is 0 Å². The second-order valence-corrected chi connectivity index (χ2v) is 0. The van der Waals surface area contributed by atoms with Crippen molar-refractivity contribution in [1.82, 2.24) is 0 Å². The van der Waals surface area contributed by atoms with E-state index in [-0.39, 0.29) is 41.3 Å². The van der Waals surface area contributed by atoms with E-state index in [9.17, 15) is 0 Å². The Morgan fingerprint density at radius 1 is 0.600 bits per heavy atom. The Morgan fingerprint density at radius 2 is 0.600 bits per heavy atom. The summed E-state index contributed by atoms with van der Waals surface area (Å²) < 4.78 is 0. The van der Waals surface area contributed by atoms with E-state index >= 15 is 0 Å². The van der Waals surface area contributed by atoms with Gasteiger partial charge in [-0.2, -0.15) is 0 Å². The molecule has 27 valence electrons. The molecule has 5 heteroatoms. The fourth-order valence-corrected chi connectivity index (χ4v) is 0. The highest BCUT2D eigenvalue weighted by Crippen LogP contribution is -0.288. The summed E-state index contributed by atoms with van der Waals surface area (Å²) in [6.45, 7) is 0. The van der Waals surface area contributed by atoms with E-state index in [0.717, 1.165) is 0 Å². The van der Waals surface area contributed by atoms with Crippen molar-refractivity contribution in [3.05, 3.63) is 0 Å². The minimum Gasteiger partial charge on any atom is -0.412 e. The summed E-state index contributed by atoms with van der Waals surface area (Å²) in [5, 5.41) is 0. The van der Waals surface area contributed by atoms with Gasteiger partial charge in [-0.3, -0.25) is 0 Å². The van der Waals surface area contributed by atoms with Crippen molar-refractivity contribution in [3.8, 4) is 0 Å². The molecule has 0 aromatic rings. The first kappa shape index (κ1) is 603. The largest absolute Gasteiger partial charge is 0.412 e. The summed E-state index contributed by atoms with van der Waals surface area (Å²) in [7, 11) is 0. The van der Waals surface area contributed by atoms with Gasteiger partial charge in [-0.15, -0.1) is 0 Å². The van der Waals surface area contributed by atoms with Crippen molar-refractivity contribution >= 4 is 30.3 Å². The van der Waals surface area contributed by atoms with Gasteiger partial charge in [-0.05, 0) is 0 Å². The van der Waals surface area contributed by atoms with Crippen molar-refractivity contribution in [2.24, 2.45) is 0 Å². The zero-order valence-electron chi connectivity index (χ0n) is 2.58. The SMILES string of the molecule is O.O.[B].[Si].[Si]. The standard InChI is InChI=1S/B.2H2O.2Si/h;2*1H2;;. The van der Waals surface area contributed by atoms with Crippen LogP contribution in [0.5, 0.6) is 0 Å². The molecule has 0 unspecified atom stereocenters. The van der Waals surface area contributed by atoms with E-state index in [2.05, 4.69) is 0 Å². The quantitative estimate of drug-likeness (QED) is 0.297. The first-order valence-corrected chi connectivity index (χ1v) is 0. The number of rotatable bonds is 0. The van der Waals surface area contributed by atoms with Gasteiger partial charge < -0.3 is 11.0 Å². The Kier molecular flexibility index (Phi) is 35600. The maximum Gasteiger partial charge on any atom is 0 e. The topological polar surface area (TPSA) is 63.0 Å². The third-order valence-corrected chi connectivity index (χ3v) is 0. The van der Waals surface area contributed by atoms with Crippen molar-refractivity contribution in [2.75, 3.05) is 0 Å². The van der Waals surface area contributed by atoms with Gasteiger partial charge in [0, 0.05) is 30.3 Å². The van der Waals surface area contributed by atoms with Gasteiger partial charge in [0.2, 0.25) is 0 Å². The van der Waals surface area contributed by atoms with E-state index in [1.54, 1.807) is 0 Å². The van der Waals surface area contributed by atoms with E-state index in [1.807, 2.05) is 0 Å². The maximum absolute atomic E-state index is 0. The number of hydrogen-bond donors (Lipinski definition) is 0. The molecule has 11 radical (unpaired) electrons. The zero-order chi connectivity index (χ0) is 0. The Labute approximate surface area is 42.2 Å². The van der Waals surface area contributed by atoms with Crippen LogP contribution < -0.4 is 0 Å². The lowest BCUT2D eigenvalue weighted by molar-refractivity contribution is 0.823. The lowest BCUT2D eigenvalue weighted by atomic mass is 10.8. The minimum absolute atomic E-state index is 0. The molecule has 0 fully saturated rings. The monoisotopic (exact) mass is 103 g/mol. The second-order valence-electron chi connectivity index (χ2n) is 0. The highest BCUT2D eigenvalue weighted by atomic mass is 28.1.